The largest absolute Gasteiger partial charge is 0.481 e. The van der Waals surface area contributed by atoms with E-state index in [9.17, 15) is 32.7 Å². The SMILES string of the molecule is CCC1(CN(CC(=O)c2c(Cl)cncc2Cl)C(=O)c2cnn([C@H]3CC[C@](C)(C(=O)O)CC3)c2C(F)(F)F)CCC1. The molecule has 1 amide bonds. The fraction of sp³-hybridized carbons (Fsp3) is 0.593. The molecule has 1 N–H and O–H groups in total. The lowest BCUT2D eigenvalue weighted by molar-refractivity contribution is -0.152. The van der Waals surface area contributed by atoms with Gasteiger partial charge in [0.15, 0.2) is 11.5 Å². The topological polar surface area (TPSA) is 105 Å². The Bertz CT molecular complexity index is 1280. The van der Waals surface area contributed by atoms with Crippen LogP contribution in [-0.2, 0) is 11.0 Å². The van der Waals surface area contributed by atoms with Crippen molar-refractivity contribution >= 4 is 40.9 Å². The molecule has 2 saturated carbocycles. The summed E-state index contributed by atoms with van der Waals surface area (Å²) in [6.07, 6.45) is 2.34. The highest BCUT2D eigenvalue weighted by Gasteiger charge is 2.46. The summed E-state index contributed by atoms with van der Waals surface area (Å²) in [4.78, 5) is 43.7. The second kappa shape index (κ2) is 11.3. The number of aromatic nitrogens is 3. The summed E-state index contributed by atoms with van der Waals surface area (Å²) in [5.41, 5.74) is -3.22. The summed E-state index contributed by atoms with van der Waals surface area (Å²) >= 11 is 12.3. The van der Waals surface area contributed by atoms with E-state index in [1.807, 2.05) is 6.92 Å². The van der Waals surface area contributed by atoms with Crippen molar-refractivity contribution in [3.05, 3.63) is 45.5 Å². The smallest absolute Gasteiger partial charge is 0.433 e. The number of Topliss-reactive ketones (excluding diaryl/α,β-unsaturated/α-hetero) is 1. The molecule has 2 aliphatic carbocycles. The average molecular weight is 603 g/mol. The van der Waals surface area contributed by atoms with Gasteiger partial charge in [0.05, 0.1) is 45.4 Å². The Balaban J connectivity index is 1.69. The van der Waals surface area contributed by atoms with Gasteiger partial charge in [0, 0.05) is 18.9 Å². The molecule has 13 heteroatoms. The molecule has 2 heterocycles. The van der Waals surface area contributed by atoms with Crippen molar-refractivity contribution < 1.29 is 32.7 Å². The van der Waals surface area contributed by atoms with Gasteiger partial charge in [-0.15, -0.1) is 0 Å². The molecule has 0 aromatic carbocycles. The number of carbonyl (C=O) groups excluding carboxylic acids is 2. The van der Waals surface area contributed by atoms with E-state index in [0.29, 0.717) is 6.42 Å². The third-order valence-corrected chi connectivity index (χ3v) is 9.23. The van der Waals surface area contributed by atoms with Crippen molar-refractivity contribution in [1.29, 1.82) is 0 Å². The van der Waals surface area contributed by atoms with Crippen LogP contribution < -0.4 is 0 Å². The maximum atomic E-state index is 14.5. The van der Waals surface area contributed by atoms with Crippen LogP contribution in [0.3, 0.4) is 0 Å². The Hall–Kier alpha value is -2.66. The molecule has 0 radical (unpaired) electrons. The molecule has 40 heavy (non-hydrogen) atoms. The number of aliphatic carboxylic acids is 1. The monoisotopic (exact) mass is 602 g/mol. The predicted octanol–water partition coefficient (Wildman–Crippen LogP) is 6.72. The Morgan fingerprint density at radius 1 is 1.10 bits per heavy atom. The molecule has 0 aliphatic heterocycles. The molecular weight excluding hydrogens is 572 g/mol. The zero-order valence-electron chi connectivity index (χ0n) is 22.2. The lowest BCUT2D eigenvalue weighted by Crippen LogP contribution is -2.47. The molecule has 2 aliphatic rings. The van der Waals surface area contributed by atoms with Crippen molar-refractivity contribution in [2.24, 2.45) is 10.8 Å². The van der Waals surface area contributed by atoms with Gasteiger partial charge in [0.1, 0.15) is 0 Å². The second-order valence-corrected chi connectivity index (χ2v) is 12.0. The standard InChI is InChI=1S/C27H31Cl2F3N4O4/c1-3-26(7-4-8-26)15-35(14-20(37)21-18(28)12-33-13-19(21)29)23(38)17-11-34-36(22(17)27(30,31)32)16-5-9-25(2,10-6-16)24(39)40/h11-13,16H,3-10,14-15H2,1-2H3,(H,39,40)/t16-,25-. The summed E-state index contributed by atoms with van der Waals surface area (Å²) in [5, 5.41) is 13.4. The summed E-state index contributed by atoms with van der Waals surface area (Å²) in [7, 11) is 0. The first-order valence-corrected chi connectivity index (χ1v) is 14.0. The van der Waals surface area contributed by atoms with E-state index in [1.165, 1.54) is 12.4 Å². The molecule has 0 bridgehead atoms. The molecule has 0 spiro atoms. The molecule has 0 unspecified atom stereocenters. The van der Waals surface area contributed by atoms with Gasteiger partial charge in [0.25, 0.3) is 5.91 Å². The summed E-state index contributed by atoms with van der Waals surface area (Å²) in [6.45, 7) is 3.10. The fourth-order valence-electron chi connectivity index (χ4n) is 5.78. The van der Waals surface area contributed by atoms with Gasteiger partial charge in [-0.1, -0.05) is 36.5 Å². The number of hydrogen-bond donors (Lipinski definition) is 1. The highest BCUT2D eigenvalue weighted by molar-refractivity contribution is 6.39. The summed E-state index contributed by atoms with van der Waals surface area (Å²) in [5.74, 6) is -2.56. The van der Waals surface area contributed by atoms with E-state index in [2.05, 4.69) is 10.1 Å². The van der Waals surface area contributed by atoms with Crippen LogP contribution in [0.25, 0.3) is 0 Å². The van der Waals surface area contributed by atoms with Crippen molar-refractivity contribution in [2.75, 3.05) is 13.1 Å². The van der Waals surface area contributed by atoms with Crippen LogP contribution in [0.1, 0.15) is 97.7 Å². The minimum Gasteiger partial charge on any atom is -0.481 e. The minimum atomic E-state index is -4.92. The van der Waals surface area contributed by atoms with Gasteiger partial charge >= 0.3 is 12.1 Å². The van der Waals surface area contributed by atoms with Crippen molar-refractivity contribution in [1.82, 2.24) is 19.7 Å². The average Bonchev–Trinajstić information content (AvgIpc) is 3.31. The minimum absolute atomic E-state index is 0.0202. The number of nitrogens with zero attached hydrogens (tertiary/aromatic N) is 4. The predicted molar refractivity (Wildman–Crippen MR) is 142 cm³/mol. The Morgan fingerprint density at radius 2 is 1.70 bits per heavy atom. The number of carboxylic acids is 1. The highest BCUT2D eigenvalue weighted by atomic mass is 35.5. The molecule has 8 nitrogen and oxygen atoms in total. The van der Waals surface area contributed by atoms with E-state index in [4.69, 9.17) is 23.2 Å². The highest BCUT2D eigenvalue weighted by Crippen LogP contribution is 2.46. The first kappa shape index (κ1) is 30.3. The number of pyridine rings is 1. The maximum absolute atomic E-state index is 14.5. The van der Waals surface area contributed by atoms with Gasteiger partial charge in [0.2, 0.25) is 0 Å². The number of carbonyl (C=O) groups is 3. The normalized spacial score (nSPS) is 22.4. The van der Waals surface area contributed by atoms with Crippen LogP contribution in [0.5, 0.6) is 0 Å². The van der Waals surface area contributed by atoms with Crippen LogP contribution in [0, 0.1) is 10.8 Å². The zero-order chi connectivity index (χ0) is 29.5. The number of carboxylic acid groups (broad SMARTS) is 1. The third-order valence-electron chi connectivity index (χ3n) is 8.66. The Kier molecular flexibility index (Phi) is 8.57. The van der Waals surface area contributed by atoms with Crippen molar-refractivity contribution in [2.45, 2.75) is 77.4 Å². The maximum Gasteiger partial charge on any atom is 0.433 e. The van der Waals surface area contributed by atoms with E-state index < -0.39 is 53.1 Å². The third kappa shape index (κ3) is 5.86. The number of alkyl halides is 3. The molecule has 2 fully saturated rings. The quantitative estimate of drug-likeness (QED) is 0.320. The van der Waals surface area contributed by atoms with E-state index >= 15 is 0 Å². The number of ketones is 1. The van der Waals surface area contributed by atoms with Crippen molar-refractivity contribution in [3.8, 4) is 0 Å². The Labute approximate surface area is 239 Å². The van der Waals surface area contributed by atoms with Crippen LogP contribution in [0.15, 0.2) is 18.6 Å². The number of hydrogen-bond acceptors (Lipinski definition) is 5. The van der Waals surface area contributed by atoms with Crippen LogP contribution in [0.4, 0.5) is 13.2 Å². The number of halogens is 5. The first-order valence-electron chi connectivity index (χ1n) is 13.2. The van der Waals surface area contributed by atoms with Gasteiger partial charge in [-0.05, 0) is 57.3 Å². The van der Waals surface area contributed by atoms with Gasteiger partial charge in [-0.2, -0.15) is 18.3 Å². The lowest BCUT2D eigenvalue weighted by Gasteiger charge is -2.44. The van der Waals surface area contributed by atoms with Crippen molar-refractivity contribution in [3.63, 3.8) is 0 Å². The lowest BCUT2D eigenvalue weighted by atomic mass is 9.66. The summed E-state index contributed by atoms with van der Waals surface area (Å²) in [6, 6.07) is -0.719. The summed E-state index contributed by atoms with van der Waals surface area (Å²) < 4.78 is 44.3. The van der Waals surface area contributed by atoms with Gasteiger partial charge in [-0.25, -0.2) is 0 Å². The van der Waals surface area contributed by atoms with E-state index in [1.54, 1.807) is 6.92 Å². The van der Waals surface area contributed by atoms with Gasteiger partial charge in [-0.3, -0.25) is 24.0 Å². The molecule has 218 valence electrons. The molecular formula is C27H31Cl2F3N4O4. The molecule has 0 saturated heterocycles. The zero-order valence-corrected chi connectivity index (χ0v) is 23.7. The van der Waals surface area contributed by atoms with Crippen LogP contribution >= 0.6 is 23.2 Å². The molecule has 0 atom stereocenters. The van der Waals surface area contributed by atoms with Crippen LogP contribution in [-0.4, -0.2) is 55.5 Å². The molecule has 4 rings (SSSR count). The molecule has 2 aromatic heterocycles. The fourth-order valence-corrected chi connectivity index (χ4v) is 6.36. The Morgan fingerprint density at radius 3 is 2.17 bits per heavy atom. The van der Waals surface area contributed by atoms with E-state index in [-0.39, 0.29) is 53.3 Å². The first-order chi connectivity index (χ1) is 18.7. The second-order valence-electron chi connectivity index (χ2n) is 11.2. The number of rotatable bonds is 9. The van der Waals surface area contributed by atoms with E-state index in [0.717, 1.165) is 35.0 Å². The molecule has 2 aromatic rings. The van der Waals surface area contributed by atoms with Crippen LogP contribution in [0.2, 0.25) is 10.0 Å². The van der Waals surface area contributed by atoms with Gasteiger partial charge < -0.3 is 10.0 Å². The number of amides is 1.